The van der Waals surface area contributed by atoms with Gasteiger partial charge in [-0.25, -0.2) is 13.8 Å². The first-order valence-corrected chi connectivity index (χ1v) is 9.16. The summed E-state index contributed by atoms with van der Waals surface area (Å²) in [5, 5.41) is 7.00. The van der Waals surface area contributed by atoms with Crippen LogP contribution < -0.4 is 5.32 Å². The summed E-state index contributed by atoms with van der Waals surface area (Å²) < 4.78 is 29.1. The van der Waals surface area contributed by atoms with E-state index >= 15 is 0 Å². The predicted octanol–water partition coefficient (Wildman–Crippen LogP) is 5.10. The highest BCUT2D eigenvalue weighted by Crippen LogP contribution is 2.28. The maximum absolute atomic E-state index is 13.8. The maximum atomic E-state index is 13.8. The quantitative estimate of drug-likeness (QED) is 0.653. The summed E-state index contributed by atoms with van der Waals surface area (Å²) in [6.45, 7) is 4.36. The Bertz CT molecular complexity index is 1060. The van der Waals surface area contributed by atoms with E-state index in [0.29, 0.717) is 22.6 Å². The number of anilines is 1. The molecule has 0 spiro atoms. The van der Waals surface area contributed by atoms with E-state index in [1.165, 1.54) is 13.8 Å². The Morgan fingerprint density at radius 2 is 1.93 bits per heavy atom. The van der Waals surface area contributed by atoms with Crippen molar-refractivity contribution < 1.29 is 13.6 Å². The highest BCUT2D eigenvalue weighted by molar-refractivity contribution is 6.04. The van der Waals surface area contributed by atoms with Crippen molar-refractivity contribution in [2.24, 2.45) is 7.05 Å². The summed E-state index contributed by atoms with van der Waals surface area (Å²) in [5.41, 5.74) is 3.00. The molecule has 2 aromatic heterocycles. The fourth-order valence-corrected chi connectivity index (χ4v) is 3.15. The highest BCUT2D eigenvalue weighted by Gasteiger charge is 2.19. The van der Waals surface area contributed by atoms with Gasteiger partial charge < -0.3 is 5.32 Å². The molecule has 1 amide bonds. The number of nitrogens with zero attached hydrogens (tertiary/aromatic N) is 3. The van der Waals surface area contributed by atoms with Crippen molar-refractivity contribution in [3.63, 3.8) is 0 Å². The Hall–Kier alpha value is -3.35. The third kappa shape index (κ3) is 4.39. The van der Waals surface area contributed by atoms with Crippen LogP contribution in [0.1, 0.15) is 35.5 Å². The number of aryl methyl sites for hydroxylation is 2. The molecule has 1 atom stereocenters. The SMILES string of the molecule is CC(F)=C(c1cc(-c2ccc(NC(=O)c3ccccc3C)nc2)n(C)n1)C(C)F. The van der Waals surface area contributed by atoms with Gasteiger partial charge in [0.2, 0.25) is 0 Å². The second-order valence-corrected chi connectivity index (χ2v) is 6.80. The van der Waals surface area contributed by atoms with Gasteiger partial charge in [0, 0.05) is 29.9 Å². The van der Waals surface area contributed by atoms with Crippen LogP contribution in [-0.2, 0) is 7.05 Å². The Balaban J connectivity index is 1.83. The Morgan fingerprint density at radius 1 is 1.21 bits per heavy atom. The summed E-state index contributed by atoms with van der Waals surface area (Å²) in [6.07, 6.45) is 0.110. The number of carbonyl (C=O) groups is 1. The number of pyridine rings is 1. The third-order valence-corrected chi connectivity index (χ3v) is 4.62. The molecule has 2 heterocycles. The molecule has 1 N–H and O–H groups in total. The lowest BCUT2D eigenvalue weighted by atomic mass is 10.1. The number of benzene rings is 1. The molecule has 5 nitrogen and oxygen atoms in total. The van der Waals surface area contributed by atoms with Crippen molar-refractivity contribution in [2.75, 3.05) is 5.32 Å². The minimum Gasteiger partial charge on any atom is -0.307 e. The number of hydrogen-bond acceptors (Lipinski definition) is 3. The third-order valence-electron chi connectivity index (χ3n) is 4.62. The molecule has 7 heteroatoms. The number of hydrogen-bond donors (Lipinski definition) is 1. The van der Waals surface area contributed by atoms with E-state index in [0.717, 1.165) is 5.56 Å². The lowest BCUT2D eigenvalue weighted by Gasteiger charge is -2.08. The van der Waals surface area contributed by atoms with Gasteiger partial charge in [0.1, 0.15) is 17.8 Å². The fraction of sp³-hybridized carbons (Fsp3) is 0.227. The molecular formula is C22H22F2N4O. The minimum atomic E-state index is -1.47. The van der Waals surface area contributed by atoms with Crippen molar-refractivity contribution in [1.29, 1.82) is 0 Å². The van der Waals surface area contributed by atoms with Crippen molar-refractivity contribution in [1.82, 2.24) is 14.8 Å². The number of halogens is 2. The zero-order valence-electron chi connectivity index (χ0n) is 16.7. The van der Waals surface area contributed by atoms with Crippen LogP contribution in [0.4, 0.5) is 14.6 Å². The average molecular weight is 396 g/mol. The highest BCUT2D eigenvalue weighted by atomic mass is 19.1. The molecule has 0 aliphatic heterocycles. The standard InChI is InChI=1S/C22H22F2N4O/c1-13-7-5-6-8-17(13)22(29)26-20-10-9-16(12-25-20)19-11-18(27-28(19)4)21(14(2)23)15(3)24/h5-12,14H,1-4H3,(H,25,26,29). The van der Waals surface area contributed by atoms with E-state index < -0.39 is 12.0 Å². The zero-order chi connectivity index (χ0) is 21.1. The van der Waals surface area contributed by atoms with Gasteiger partial charge in [-0.05, 0) is 50.6 Å². The van der Waals surface area contributed by atoms with E-state index in [4.69, 9.17) is 0 Å². The first kappa shape index (κ1) is 20.4. The van der Waals surface area contributed by atoms with E-state index in [1.807, 2.05) is 19.1 Å². The molecule has 0 aliphatic carbocycles. The molecule has 3 rings (SSSR count). The zero-order valence-corrected chi connectivity index (χ0v) is 16.7. The first-order chi connectivity index (χ1) is 13.8. The second kappa shape index (κ2) is 8.34. The largest absolute Gasteiger partial charge is 0.307 e. The molecule has 0 saturated heterocycles. The van der Waals surface area contributed by atoms with Gasteiger partial charge in [0.15, 0.2) is 0 Å². The number of allylic oxidation sites excluding steroid dienone is 2. The molecule has 0 saturated carbocycles. The molecule has 1 unspecified atom stereocenters. The van der Waals surface area contributed by atoms with Gasteiger partial charge in [0.25, 0.3) is 5.91 Å². The molecule has 150 valence electrons. The number of rotatable bonds is 5. The van der Waals surface area contributed by atoms with Crippen LogP contribution in [0.5, 0.6) is 0 Å². The van der Waals surface area contributed by atoms with Gasteiger partial charge in [0.05, 0.1) is 11.4 Å². The first-order valence-electron chi connectivity index (χ1n) is 9.16. The number of alkyl halides is 1. The Labute approximate surface area is 168 Å². The molecule has 0 fully saturated rings. The monoisotopic (exact) mass is 396 g/mol. The maximum Gasteiger partial charge on any atom is 0.257 e. The van der Waals surface area contributed by atoms with Crippen LogP contribution >= 0.6 is 0 Å². The van der Waals surface area contributed by atoms with Gasteiger partial charge in [-0.2, -0.15) is 5.10 Å². The van der Waals surface area contributed by atoms with Crippen LogP contribution in [0.3, 0.4) is 0 Å². The average Bonchev–Trinajstić information content (AvgIpc) is 3.03. The van der Waals surface area contributed by atoms with Crippen molar-refractivity contribution in [3.05, 3.63) is 71.3 Å². The van der Waals surface area contributed by atoms with Crippen LogP contribution in [-0.4, -0.2) is 26.8 Å². The molecule has 0 aliphatic rings. The van der Waals surface area contributed by atoms with E-state index in [2.05, 4.69) is 15.4 Å². The molecule has 1 aromatic carbocycles. The normalized spacial score (nSPS) is 13.0. The molecule has 0 bridgehead atoms. The van der Waals surface area contributed by atoms with Gasteiger partial charge in [-0.15, -0.1) is 0 Å². The lowest BCUT2D eigenvalue weighted by Crippen LogP contribution is -2.14. The molecule has 29 heavy (non-hydrogen) atoms. The fourth-order valence-electron chi connectivity index (χ4n) is 3.15. The summed E-state index contributed by atoms with van der Waals surface area (Å²) in [6, 6.07) is 12.4. The van der Waals surface area contributed by atoms with Gasteiger partial charge in [-0.1, -0.05) is 18.2 Å². The number of nitrogens with one attached hydrogen (secondary N) is 1. The lowest BCUT2D eigenvalue weighted by molar-refractivity contribution is 0.102. The molecule has 3 aromatic rings. The van der Waals surface area contributed by atoms with Gasteiger partial charge in [-0.3, -0.25) is 9.48 Å². The molecule has 0 radical (unpaired) electrons. The van der Waals surface area contributed by atoms with Crippen LogP contribution in [0.2, 0.25) is 0 Å². The predicted molar refractivity (Wildman–Crippen MR) is 110 cm³/mol. The van der Waals surface area contributed by atoms with Crippen molar-refractivity contribution in [2.45, 2.75) is 26.9 Å². The van der Waals surface area contributed by atoms with Crippen molar-refractivity contribution >= 4 is 17.3 Å². The molecular weight excluding hydrogens is 374 g/mol. The van der Waals surface area contributed by atoms with Crippen LogP contribution in [0, 0.1) is 6.92 Å². The van der Waals surface area contributed by atoms with E-state index in [1.54, 1.807) is 48.3 Å². The van der Waals surface area contributed by atoms with Crippen LogP contribution in [0.25, 0.3) is 16.8 Å². The number of amides is 1. The second-order valence-electron chi connectivity index (χ2n) is 6.80. The number of carbonyl (C=O) groups excluding carboxylic acids is 1. The van der Waals surface area contributed by atoms with E-state index in [9.17, 15) is 13.6 Å². The Morgan fingerprint density at radius 3 is 2.52 bits per heavy atom. The topological polar surface area (TPSA) is 59.8 Å². The minimum absolute atomic E-state index is 0.0677. The summed E-state index contributed by atoms with van der Waals surface area (Å²) in [4.78, 5) is 16.7. The summed E-state index contributed by atoms with van der Waals surface area (Å²) in [5.74, 6) is -0.435. The smallest absolute Gasteiger partial charge is 0.257 e. The van der Waals surface area contributed by atoms with E-state index in [-0.39, 0.29) is 17.2 Å². The van der Waals surface area contributed by atoms with Gasteiger partial charge >= 0.3 is 0 Å². The Kier molecular flexibility index (Phi) is 5.87. The summed E-state index contributed by atoms with van der Waals surface area (Å²) >= 11 is 0. The number of aromatic nitrogens is 3. The summed E-state index contributed by atoms with van der Waals surface area (Å²) in [7, 11) is 1.70. The van der Waals surface area contributed by atoms with Crippen molar-refractivity contribution in [3.8, 4) is 11.3 Å². The van der Waals surface area contributed by atoms with Crippen LogP contribution in [0.15, 0.2) is 54.5 Å².